The van der Waals surface area contributed by atoms with Gasteiger partial charge in [0.1, 0.15) is 0 Å². The minimum Gasteiger partial charge on any atom is -0.271 e. The molecule has 276 valence electrons. The van der Waals surface area contributed by atoms with Crippen molar-refractivity contribution in [2.24, 2.45) is 0 Å². The SMILES string of the molecule is CCCCCCC(CCCCCC)N1C(=O)c2ccc3c4ccc5c6c(ccc(c7ccc(c2c37)C1=O)c64)C(=O)N([C@H](C)c1cccc2ccccc12)C5=O. The highest BCUT2D eigenvalue weighted by Gasteiger charge is 2.40. The number of hydrogen-bond donors (Lipinski definition) is 0. The van der Waals surface area contributed by atoms with Crippen LogP contribution in [0.25, 0.3) is 53.9 Å². The Bertz CT molecular complexity index is 2570. The molecule has 0 saturated heterocycles. The van der Waals surface area contributed by atoms with Crippen molar-refractivity contribution in [2.45, 2.75) is 97.1 Å². The molecule has 1 atom stereocenters. The molecule has 0 radical (unpaired) electrons. The van der Waals surface area contributed by atoms with Gasteiger partial charge in [0.2, 0.25) is 0 Å². The third-order valence-electron chi connectivity index (χ3n) is 12.5. The Hall–Kier alpha value is -5.62. The first-order valence-electron chi connectivity index (χ1n) is 20.3. The van der Waals surface area contributed by atoms with Crippen LogP contribution >= 0.6 is 0 Å². The zero-order valence-electron chi connectivity index (χ0n) is 31.9. The summed E-state index contributed by atoms with van der Waals surface area (Å²) in [4.78, 5) is 60.9. The molecule has 0 saturated carbocycles. The Labute approximate surface area is 321 Å². The van der Waals surface area contributed by atoms with Gasteiger partial charge >= 0.3 is 0 Å². The largest absolute Gasteiger partial charge is 0.271 e. The van der Waals surface area contributed by atoms with E-state index in [2.05, 4.69) is 13.8 Å². The number of imide groups is 2. The normalized spacial score (nSPS) is 15.0. The summed E-state index contributed by atoms with van der Waals surface area (Å²) < 4.78 is 0. The van der Waals surface area contributed by atoms with Crippen molar-refractivity contribution in [2.75, 3.05) is 0 Å². The molecule has 0 bridgehead atoms. The topological polar surface area (TPSA) is 74.8 Å². The molecule has 4 amide bonds. The van der Waals surface area contributed by atoms with E-state index < -0.39 is 6.04 Å². The summed E-state index contributed by atoms with van der Waals surface area (Å²) in [5.74, 6) is -1.03. The molecule has 6 nitrogen and oxygen atoms in total. The molecule has 7 aromatic rings. The molecule has 2 heterocycles. The molecule has 55 heavy (non-hydrogen) atoms. The molecule has 2 aliphatic heterocycles. The van der Waals surface area contributed by atoms with Crippen LogP contribution in [0.15, 0.2) is 91.0 Å². The number of carbonyl (C=O) groups excluding carboxylic acids is 4. The van der Waals surface area contributed by atoms with E-state index in [1.54, 1.807) is 4.90 Å². The van der Waals surface area contributed by atoms with Crippen LogP contribution in [0.4, 0.5) is 0 Å². The maximum Gasteiger partial charge on any atom is 0.261 e. The third-order valence-corrected chi connectivity index (χ3v) is 12.5. The first kappa shape index (κ1) is 35.1. The molecule has 6 heteroatoms. The average molecular weight is 727 g/mol. The maximum atomic E-state index is 14.5. The van der Waals surface area contributed by atoms with Gasteiger partial charge in [0, 0.05) is 39.1 Å². The van der Waals surface area contributed by atoms with E-state index in [0.29, 0.717) is 33.0 Å². The summed E-state index contributed by atoms with van der Waals surface area (Å²) in [6.07, 6.45) is 10.4. The lowest BCUT2D eigenvalue weighted by Crippen LogP contribution is -2.47. The number of amides is 4. The van der Waals surface area contributed by atoms with Gasteiger partial charge in [0.05, 0.1) is 6.04 Å². The van der Waals surface area contributed by atoms with E-state index in [-0.39, 0.29) is 29.7 Å². The lowest BCUT2D eigenvalue weighted by molar-refractivity contribution is 0.0511. The van der Waals surface area contributed by atoms with Crippen LogP contribution in [0.2, 0.25) is 0 Å². The van der Waals surface area contributed by atoms with Crippen molar-refractivity contribution in [3.05, 3.63) is 119 Å². The summed E-state index contributed by atoms with van der Waals surface area (Å²) in [5, 5.41) is 8.79. The van der Waals surface area contributed by atoms with E-state index in [1.807, 2.05) is 97.9 Å². The van der Waals surface area contributed by atoms with Crippen LogP contribution in [-0.2, 0) is 0 Å². The van der Waals surface area contributed by atoms with E-state index in [9.17, 15) is 19.2 Å². The number of rotatable bonds is 13. The zero-order valence-corrected chi connectivity index (χ0v) is 31.9. The molecular formula is C49H46N2O4. The predicted molar refractivity (Wildman–Crippen MR) is 222 cm³/mol. The van der Waals surface area contributed by atoms with Crippen molar-refractivity contribution in [1.82, 2.24) is 9.80 Å². The monoisotopic (exact) mass is 726 g/mol. The first-order chi connectivity index (χ1) is 26.8. The highest BCUT2D eigenvalue weighted by molar-refractivity contribution is 6.41. The van der Waals surface area contributed by atoms with Crippen LogP contribution < -0.4 is 0 Å². The van der Waals surface area contributed by atoms with E-state index in [0.717, 1.165) is 113 Å². The highest BCUT2D eigenvalue weighted by Crippen LogP contribution is 2.47. The minimum absolute atomic E-state index is 0.126. The number of hydrogen-bond acceptors (Lipinski definition) is 4. The van der Waals surface area contributed by atoms with Crippen LogP contribution in [-0.4, -0.2) is 39.5 Å². The van der Waals surface area contributed by atoms with Gasteiger partial charge in [-0.25, -0.2) is 0 Å². The summed E-state index contributed by atoms with van der Waals surface area (Å²) >= 11 is 0. The second-order valence-electron chi connectivity index (χ2n) is 15.7. The second kappa shape index (κ2) is 13.9. The fourth-order valence-corrected chi connectivity index (χ4v) is 9.76. The van der Waals surface area contributed by atoms with Gasteiger partial charge in [-0.15, -0.1) is 0 Å². The number of benzene rings is 7. The quantitative estimate of drug-likeness (QED) is 0.0513. The van der Waals surface area contributed by atoms with Crippen molar-refractivity contribution in [3.8, 4) is 0 Å². The maximum absolute atomic E-state index is 14.5. The highest BCUT2D eigenvalue weighted by atomic mass is 16.2. The molecule has 0 aromatic heterocycles. The first-order valence-corrected chi connectivity index (χ1v) is 20.3. The van der Waals surface area contributed by atoms with Crippen LogP contribution in [0.1, 0.15) is 138 Å². The fourth-order valence-electron chi connectivity index (χ4n) is 9.76. The average Bonchev–Trinajstić information content (AvgIpc) is 3.21. The van der Waals surface area contributed by atoms with E-state index in [1.165, 1.54) is 4.90 Å². The zero-order chi connectivity index (χ0) is 38.0. The lowest BCUT2D eigenvalue weighted by atomic mass is 9.81. The summed E-state index contributed by atoms with van der Waals surface area (Å²) in [5.41, 5.74) is 3.06. The van der Waals surface area contributed by atoms with E-state index >= 15 is 0 Å². The van der Waals surface area contributed by atoms with Crippen molar-refractivity contribution >= 4 is 77.5 Å². The van der Waals surface area contributed by atoms with Crippen molar-refractivity contribution in [1.29, 1.82) is 0 Å². The molecular weight excluding hydrogens is 681 g/mol. The van der Waals surface area contributed by atoms with Gasteiger partial charge < -0.3 is 0 Å². The Morgan fingerprint density at radius 3 is 1.35 bits per heavy atom. The van der Waals surface area contributed by atoms with Crippen LogP contribution in [0.5, 0.6) is 0 Å². The van der Waals surface area contributed by atoms with Gasteiger partial charge in [-0.05, 0) is 92.7 Å². The summed E-state index contributed by atoms with van der Waals surface area (Å²) in [6, 6.07) is 28.9. The predicted octanol–water partition coefficient (Wildman–Crippen LogP) is 12.2. The van der Waals surface area contributed by atoms with Gasteiger partial charge in [-0.2, -0.15) is 0 Å². The molecule has 0 aliphatic carbocycles. The smallest absolute Gasteiger partial charge is 0.261 e. The number of nitrogens with zero attached hydrogens (tertiary/aromatic N) is 2. The Morgan fingerprint density at radius 2 is 0.873 bits per heavy atom. The van der Waals surface area contributed by atoms with Crippen LogP contribution in [0.3, 0.4) is 0 Å². The molecule has 0 fully saturated rings. The standard InChI is InChI=1S/C49H46N2O4/c1-4-6-8-10-17-31(18-11-9-7-5-2)51-48(54)40-27-23-36-34-21-25-38-44-39(26-22-35(42(34)44)37-24-28-41(49(51)55)45(40)43(36)37)47(53)50(46(38)52)29(3)32-20-14-16-30-15-12-13-19-33(30)32/h12-16,19-29,31H,4-11,17-18H2,1-3H3/t29-/m1/s1. The van der Waals surface area contributed by atoms with Crippen LogP contribution in [0, 0.1) is 0 Å². The Morgan fingerprint density at radius 1 is 0.436 bits per heavy atom. The minimum atomic E-state index is -0.486. The Kier molecular flexibility index (Phi) is 8.87. The van der Waals surface area contributed by atoms with Crippen molar-refractivity contribution in [3.63, 3.8) is 0 Å². The van der Waals surface area contributed by atoms with E-state index in [4.69, 9.17) is 0 Å². The van der Waals surface area contributed by atoms with Gasteiger partial charge in [0.15, 0.2) is 0 Å². The molecule has 9 rings (SSSR count). The number of fused-ring (bicyclic) bond motifs is 3. The fraction of sp³-hybridized carbons (Fsp3) is 0.306. The molecule has 0 unspecified atom stereocenters. The van der Waals surface area contributed by atoms with Gasteiger partial charge in [-0.1, -0.05) is 132 Å². The summed E-state index contributed by atoms with van der Waals surface area (Å²) in [7, 11) is 0. The molecule has 2 aliphatic rings. The number of carbonyl (C=O) groups is 4. The third kappa shape index (κ3) is 5.36. The summed E-state index contributed by atoms with van der Waals surface area (Å²) in [6.45, 7) is 6.32. The molecule has 0 spiro atoms. The molecule has 7 aromatic carbocycles. The number of unbranched alkanes of at least 4 members (excludes halogenated alkanes) is 6. The molecule has 0 N–H and O–H groups in total. The van der Waals surface area contributed by atoms with Crippen molar-refractivity contribution < 1.29 is 19.2 Å². The Balaban J connectivity index is 1.15. The van der Waals surface area contributed by atoms with Gasteiger partial charge in [0.25, 0.3) is 23.6 Å². The second-order valence-corrected chi connectivity index (χ2v) is 15.7. The van der Waals surface area contributed by atoms with Gasteiger partial charge in [-0.3, -0.25) is 29.0 Å². The lowest BCUT2D eigenvalue weighted by Gasteiger charge is -2.35.